The maximum Gasteiger partial charge on any atom is 0.120 e. The highest BCUT2D eigenvalue weighted by Gasteiger charge is 2.19. The second-order valence-corrected chi connectivity index (χ2v) is 5.46. The van der Waals surface area contributed by atoms with E-state index in [9.17, 15) is 0 Å². The number of rotatable bonds is 7. The molecule has 2 aromatic carbocycles. The Morgan fingerprint density at radius 1 is 0.850 bits per heavy atom. The zero-order valence-corrected chi connectivity index (χ0v) is 12.2. The van der Waals surface area contributed by atoms with Crippen LogP contribution in [-0.2, 0) is 11.3 Å². The van der Waals surface area contributed by atoms with Crippen molar-refractivity contribution in [2.45, 2.75) is 32.5 Å². The second kappa shape index (κ2) is 7.11. The zero-order valence-electron chi connectivity index (χ0n) is 12.2. The largest absolute Gasteiger partial charge is 0.488 e. The second-order valence-electron chi connectivity index (χ2n) is 5.46. The summed E-state index contributed by atoms with van der Waals surface area (Å²) in [5.41, 5.74) is 0.979. The smallest absolute Gasteiger partial charge is 0.120 e. The van der Waals surface area contributed by atoms with Gasteiger partial charge in [0, 0.05) is 6.42 Å². The standard InChI is InChI=1S/C18H22O2/c1-18(2,20-17-11-7-4-8-12-17)13-14-19-15-16-9-5-3-6-10-16/h3-12H,13-15H2,1-2H3. The van der Waals surface area contributed by atoms with Crippen LogP contribution >= 0.6 is 0 Å². The molecule has 0 radical (unpaired) electrons. The lowest BCUT2D eigenvalue weighted by Crippen LogP contribution is -2.29. The van der Waals surface area contributed by atoms with Gasteiger partial charge in [-0.1, -0.05) is 48.5 Å². The van der Waals surface area contributed by atoms with Gasteiger partial charge in [0.2, 0.25) is 0 Å². The van der Waals surface area contributed by atoms with Gasteiger partial charge in [-0.25, -0.2) is 0 Å². The van der Waals surface area contributed by atoms with Gasteiger partial charge in [0.1, 0.15) is 11.4 Å². The summed E-state index contributed by atoms with van der Waals surface area (Å²) in [5.74, 6) is 0.903. The van der Waals surface area contributed by atoms with Crippen LogP contribution in [0.5, 0.6) is 5.75 Å². The fraction of sp³-hybridized carbons (Fsp3) is 0.333. The van der Waals surface area contributed by atoms with Crippen molar-refractivity contribution in [2.24, 2.45) is 0 Å². The summed E-state index contributed by atoms with van der Waals surface area (Å²) in [5, 5.41) is 0. The van der Waals surface area contributed by atoms with Crippen molar-refractivity contribution in [1.82, 2.24) is 0 Å². The van der Waals surface area contributed by atoms with Gasteiger partial charge in [0.05, 0.1) is 13.2 Å². The highest BCUT2D eigenvalue weighted by atomic mass is 16.5. The van der Waals surface area contributed by atoms with Crippen LogP contribution in [0.3, 0.4) is 0 Å². The molecule has 0 spiro atoms. The fourth-order valence-electron chi connectivity index (χ4n) is 1.94. The maximum atomic E-state index is 5.97. The van der Waals surface area contributed by atoms with Crippen LogP contribution in [0.4, 0.5) is 0 Å². The molecule has 0 fully saturated rings. The van der Waals surface area contributed by atoms with E-state index in [4.69, 9.17) is 9.47 Å². The highest BCUT2D eigenvalue weighted by molar-refractivity contribution is 5.21. The van der Waals surface area contributed by atoms with E-state index in [0.29, 0.717) is 13.2 Å². The van der Waals surface area contributed by atoms with Crippen molar-refractivity contribution >= 4 is 0 Å². The molecule has 0 atom stereocenters. The first-order valence-corrected chi connectivity index (χ1v) is 7.01. The first kappa shape index (κ1) is 14.6. The molecule has 0 saturated heterocycles. The summed E-state index contributed by atoms with van der Waals surface area (Å²) in [6.45, 7) is 5.52. The van der Waals surface area contributed by atoms with Crippen molar-refractivity contribution in [3.8, 4) is 5.75 Å². The van der Waals surface area contributed by atoms with Crippen LogP contribution in [0.2, 0.25) is 0 Å². The van der Waals surface area contributed by atoms with E-state index >= 15 is 0 Å². The van der Waals surface area contributed by atoms with E-state index < -0.39 is 0 Å². The summed E-state index contributed by atoms with van der Waals surface area (Å²) in [7, 11) is 0. The number of benzene rings is 2. The third-order valence-corrected chi connectivity index (χ3v) is 3.10. The van der Waals surface area contributed by atoms with Gasteiger partial charge in [-0.15, -0.1) is 0 Å². The summed E-state index contributed by atoms with van der Waals surface area (Å²) in [4.78, 5) is 0. The quantitative estimate of drug-likeness (QED) is 0.692. The van der Waals surface area contributed by atoms with Crippen molar-refractivity contribution in [3.05, 3.63) is 66.2 Å². The van der Waals surface area contributed by atoms with Gasteiger partial charge in [-0.3, -0.25) is 0 Å². The van der Waals surface area contributed by atoms with Crippen LogP contribution in [0.1, 0.15) is 25.8 Å². The molecule has 0 N–H and O–H groups in total. The monoisotopic (exact) mass is 270 g/mol. The summed E-state index contributed by atoms with van der Waals surface area (Å²) >= 11 is 0. The van der Waals surface area contributed by atoms with Gasteiger partial charge < -0.3 is 9.47 Å². The van der Waals surface area contributed by atoms with Gasteiger partial charge in [0.25, 0.3) is 0 Å². The molecule has 0 heterocycles. The van der Waals surface area contributed by atoms with Crippen LogP contribution in [0.25, 0.3) is 0 Å². The fourth-order valence-corrected chi connectivity index (χ4v) is 1.94. The Kier molecular flexibility index (Phi) is 5.19. The van der Waals surface area contributed by atoms with Gasteiger partial charge in [-0.05, 0) is 31.5 Å². The van der Waals surface area contributed by atoms with Crippen molar-refractivity contribution in [1.29, 1.82) is 0 Å². The highest BCUT2D eigenvalue weighted by Crippen LogP contribution is 2.20. The summed E-state index contributed by atoms with van der Waals surface area (Å²) in [6.07, 6.45) is 0.856. The third-order valence-electron chi connectivity index (χ3n) is 3.10. The molecule has 0 aliphatic rings. The topological polar surface area (TPSA) is 18.5 Å². The molecular weight excluding hydrogens is 248 g/mol. The van der Waals surface area contributed by atoms with Crippen molar-refractivity contribution < 1.29 is 9.47 Å². The molecule has 0 aliphatic carbocycles. The minimum atomic E-state index is -0.224. The van der Waals surface area contributed by atoms with Gasteiger partial charge in [-0.2, -0.15) is 0 Å². The number of hydrogen-bond acceptors (Lipinski definition) is 2. The molecule has 2 nitrogen and oxygen atoms in total. The lowest BCUT2D eigenvalue weighted by atomic mass is 10.1. The lowest BCUT2D eigenvalue weighted by molar-refractivity contribution is 0.0409. The molecule has 0 saturated carbocycles. The van der Waals surface area contributed by atoms with E-state index in [1.807, 2.05) is 48.5 Å². The van der Waals surface area contributed by atoms with Gasteiger partial charge >= 0.3 is 0 Å². The minimum Gasteiger partial charge on any atom is -0.488 e. The molecule has 2 rings (SSSR count). The lowest BCUT2D eigenvalue weighted by Gasteiger charge is -2.26. The van der Waals surface area contributed by atoms with E-state index in [1.54, 1.807) is 0 Å². The van der Waals surface area contributed by atoms with Crippen LogP contribution in [0.15, 0.2) is 60.7 Å². The van der Waals surface area contributed by atoms with E-state index in [-0.39, 0.29) is 5.60 Å². The Labute approximate surface area is 121 Å². The third kappa shape index (κ3) is 5.06. The summed E-state index contributed by atoms with van der Waals surface area (Å²) < 4.78 is 11.7. The predicted molar refractivity (Wildman–Crippen MR) is 81.9 cm³/mol. The van der Waals surface area contributed by atoms with E-state index in [0.717, 1.165) is 12.2 Å². The van der Waals surface area contributed by atoms with E-state index in [1.165, 1.54) is 5.56 Å². The number of hydrogen-bond donors (Lipinski definition) is 0. The van der Waals surface area contributed by atoms with E-state index in [2.05, 4.69) is 26.0 Å². The zero-order chi connectivity index (χ0) is 14.3. The Hall–Kier alpha value is -1.80. The Morgan fingerprint density at radius 2 is 1.45 bits per heavy atom. The molecule has 0 bridgehead atoms. The molecule has 2 aromatic rings. The average Bonchev–Trinajstić information content (AvgIpc) is 2.45. The Morgan fingerprint density at radius 3 is 2.10 bits per heavy atom. The van der Waals surface area contributed by atoms with Gasteiger partial charge in [0.15, 0.2) is 0 Å². The summed E-state index contributed by atoms with van der Waals surface area (Å²) in [6, 6.07) is 20.1. The normalized spacial score (nSPS) is 11.3. The first-order valence-electron chi connectivity index (χ1n) is 7.01. The Balaban J connectivity index is 1.72. The molecule has 0 amide bonds. The maximum absolute atomic E-state index is 5.97. The minimum absolute atomic E-state index is 0.224. The SMILES string of the molecule is CC(C)(CCOCc1ccccc1)Oc1ccccc1. The van der Waals surface area contributed by atoms with Crippen molar-refractivity contribution in [3.63, 3.8) is 0 Å². The Bertz CT molecular complexity index is 491. The predicted octanol–water partition coefficient (Wildman–Crippen LogP) is 4.45. The van der Waals surface area contributed by atoms with Crippen LogP contribution in [0, 0.1) is 0 Å². The first-order chi connectivity index (χ1) is 9.66. The molecular formula is C18H22O2. The molecule has 0 unspecified atom stereocenters. The number of para-hydroxylation sites is 1. The van der Waals surface area contributed by atoms with Crippen LogP contribution < -0.4 is 4.74 Å². The molecule has 106 valence electrons. The molecule has 0 aromatic heterocycles. The molecule has 0 aliphatic heterocycles. The van der Waals surface area contributed by atoms with Crippen molar-refractivity contribution in [2.75, 3.05) is 6.61 Å². The molecule has 2 heteroatoms. The molecule has 20 heavy (non-hydrogen) atoms. The average molecular weight is 270 g/mol. The number of ether oxygens (including phenoxy) is 2. The van der Waals surface area contributed by atoms with Crippen LogP contribution in [-0.4, -0.2) is 12.2 Å².